The van der Waals surface area contributed by atoms with Gasteiger partial charge in [-0.3, -0.25) is 10.1 Å². The van der Waals surface area contributed by atoms with Crippen molar-refractivity contribution in [3.63, 3.8) is 0 Å². The number of carbonyl (C=O) groups is 1. The molecule has 1 aromatic carbocycles. The van der Waals surface area contributed by atoms with E-state index in [1.54, 1.807) is 13.8 Å². The first kappa shape index (κ1) is 11.9. The highest BCUT2D eigenvalue weighted by atomic mass is 16.6. The summed E-state index contributed by atoms with van der Waals surface area (Å²) in [7, 11) is 0. The van der Waals surface area contributed by atoms with Crippen LogP contribution in [0.3, 0.4) is 0 Å². The summed E-state index contributed by atoms with van der Waals surface area (Å²) in [6, 6.07) is 2.85. The number of nitro benzene ring substituents is 1. The zero-order valence-electron chi connectivity index (χ0n) is 8.93. The van der Waals surface area contributed by atoms with Crippen molar-refractivity contribution < 1.29 is 14.8 Å². The van der Waals surface area contributed by atoms with Crippen molar-refractivity contribution in [2.75, 3.05) is 0 Å². The monoisotopic (exact) mass is 221 g/mol. The summed E-state index contributed by atoms with van der Waals surface area (Å²) in [6.07, 6.45) is 2.46. The molecule has 1 rings (SSSR count). The molecule has 0 aliphatic carbocycles. The molecule has 0 aliphatic heterocycles. The molecule has 1 aromatic rings. The van der Waals surface area contributed by atoms with Gasteiger partial charge in [-0.05, 0) is 36.6 Å². The number of aryl methyl sites for hydroxylation is 2. The van der Waals surface area contributed by atoms with Crippen molar-refractivity contribution in [1.82, 2.24) is 0 Å². The van der Waals surface area contributed by atoms with Crippen LogP contribution in [-0.2, 0) is 4.79 Å². The Bertz CT molecular complexity index is 454. The Morgan fingerprint density at radius 1 is 1.38 bits per heavy atom. The molecule has 0 aromatic heterocycles. The molecule has 0 radical (unpaired) electrons. The summed E-state index contributed by atoms with van der Waals surface area (Å²) >= 11 is 0. The van der Waals surface area contributed by atoms with Crippen molar-refractivity contribution in [3.05, 3.63) is 45.0 Å². The second-order valence-electron chi connectivity index (χ2n) is 3.42. The minimum absolute atomic E-state index is 0.0162. The van der Waals surface area contributed by atoms with E-state index in [0.29, 0.717) is 16.7 Å². The van der Waals surface area contributed by atoms with Gasteiger partial charge in [-0.2, -0.15) is 0 Å². The molecule has 5 heteroatoms. The molecule has 0 amide bonds. The number of hydrogen-bond acceptors (Lipinski definition) is 3. The van der Waals surface area contributed by atoms with Crippen LogP contribution in [0.5, 0.6) is 0 Å². The number of non-ortho nitro benzene ring substituents is 1. The van der Waals surface area contributed by atoms with Crippen molar-refractivity contribution in [2.24, 2.45) is 0 Å². The highest BCUT2D eigenvalue weighted by Gasteiger charge is 2.10. The lowest BCUT2D eigenvalue weighted by atomic mass is 10.0. The zero-order chi connectivity index (χ0) is 12.3. The molecule has 0 heterocycles. The lowest BCUT2D eigenvalue weighted by Gasteiger charge is -2.04. The predicted octanol–water partition coefficient (Wildman–Crippen LogP) is 2.31. The molecule has 0 spiro atoms. The maximum Gasteiger partial charge on any atom is 0.328 e. The first-order valence-electron chi connectivity index (χ1n) is 4.58. The van der Waals surface area contributed by atoms with Crippen LogP contribution in [0.25, 0.3) is 6.08 Å². The Morgan fingerprint density at radius 2 is 1.88 bits per heavy atom. The smallest absolute Gasteiger partial charge is 0.328 e. The quantitative estimate of drug-likeness (QED) is 0.482. The molecule has 0 unspecified atom stereocenters. The Labute approximate surface area is 92.2 Å². The molecule has 0 saturated heterocycles. The number of rotatable bonds is 3. The summed E-state index contributed by atoms with van der Waals surface area (Å²) in [4.78, 5) is 20.5. The highest BCUT2D eigenvalue weighted by Crippen LogP contribution is 2.22. The third kappa shape index (κ3) is 2.66. The molecular formula is C11H11NO4. The lowest BCUT2D eigenvalue weighted by molar-refractivity contribution is -0.384. The van der Waals surface area contributed by atoms with Gasteiger partial charge in [-0.1, -0.05) is 0 Å². The van der Waals surface area contributed by atoms with Gasteiger partial charge in [0.1, 0.15) is 0 Å². The average Bonchev–Trinajstić information content (AvgIpc) is 2.15. The van der Waals surface area contributed by atoms with E-state index in [2.05, 4.69) is 0 Å². The molecule has 0 bridgehead atoms. The third-order valence-corrected chi connectivity index (χ3v) is 2.18. The second-order valence-corrected chi connectivity index (χ2v) is 3.42. The van der Waals surface area contributed by atoms with Crippen LogP contribution in [0.2, 0.25) is 0 Å². The Balaban J connectivity index is 3.22. The van der Waals surface area contributed by atoms with Crippen molar-refractivity contribution in [3.8, 4) is 0 Å². The summed E-state index contributed by atoms with van der Waals surface area (Å²) in [5, 5.41) is 19.1. The summed E-state index contributed by atoms with van der Waals surface area (Å²) in [6.45, 7) is 3.42. The van der Waals surface area contributed by atoms with Gasteiger partial charge >= 0.3 is 5.97 Å². The van der Waals surface area contributed by atoms with Crippen LogP contribution >= 0.6 is 0 Å². The molecule has 0 saturated carbocycles. The lowest BCUT2D eigenvalue weighted by Crippen LogP contribution is -1.94. The van der Waals surface area contributed by atoms with Crippen LogP contribution in [0.15, 0.2) is 18.2 Å². The molecular weight excluding hydrogens is 210 g/mol. The Morgan fingerprint density at radius 3 is 2.25 bits per heavy atom. The fourth-order valence-corrected chi connectivity index (χ4v) is 1.47. The van der Waals surface area contributed by atoms with Gasteiger partial charge in [-0.25, -0.2) is 4.79 Å². The minimum atomic E-state index is -1.04. The highest BCUT2D eigenvalue weighted by molar-refractivity contribution is 5.86. The largest absolute Gasteiger partial charge is 0.478 e. The van der Waals surface area contributed by atoms with Gasteiger partial charge in [0.05, 0.1) is 4.92 Å². The molecule has 84 valence electrons. The normalized spacial score (nSPS) is 10.6. The zero-order valence-corrected chi connectivity index (χ0v) is 8.93. The van der Waals surface area contributed by atoms with Crippen LogP contribution < -0.4 is 0 Å². The van der Waals surface area contributed by atoms with Gasteiger partial charge in [0, 0.05) is 18.2 Å². The number of nitro groups is 1. The van der Waals surface area contributed by atoms with E-state index >= 15 is 0 Å². The van der Waals surface area contributed by atoms with E-state index in [-0.39, 0.29) is 5.69 Å². The van der Waals surface area contributed by atoms with Crippen molar-refractivity contribution in [1.29, 1.82) is 0 Å². The molecule has 0 fully saturated rings. The van der Waals surface area contributed by atoms with Crippen molar-refractivity contribution >= 4 is 17.7 Å². The number of hydrogen-bond donors (Lipinski definition) is 1. The maximum absolute atomic E-state index is 10.6. The predicted molar refractivity (Wildman–Crippen MR) is 59.2 cm³/mol. The van der Waals surface area contributed by atoms with E-state index in [1.165, 1.54) is 18.2 Å². The van der Waals surface area contributed by atoms with Gasteiger partial charge in [0.2, 0.25) is 0 Å². The fourth-order valence-electron chi connectivity index (χ4n) is 1.47. The third-order valence-electron chi connectivity index (χ3n) is 2.18. The maximum atomic E-state index is 10.6. The first-order chi connectivity index (χ1) is 7.41. The van der Waals surface area contributed by atoms with E-state index in [9.17, 15) is 14.9 Å². The van der Waals surface area contributed by atoms with E-state index < -0.39 is 10.9 Å². The topological polar surface area (TPSA) is 80.4 Å². The molecule has 0 atom stereocenters. The molecule has 1 N–H and O–H groups in total. The molecule has 16 heavy (non-hydrogen) atoms. The van der Waals surface area contributed by atoms with Crippen LogP contribution in [-0.4, -0.2) is 16.0 Å². The standard InChI is InChI=1S/C11H11NO4/c1-7-5-9(12(15)16)6-8(2)10(7)3-4-11(13)14/h3-6H,1-2H3,(H,13,14)/b4-3+. The SMILES string of the molecule is Cc1cc([N+](=O)[O-])cc(C)c1/C=C/C(=O)O. The van der Waals surface area contributed by atoms with Gasteiger partial charge in [0.15, 0.2) is 0 Å². The van der Waals surface area contributed by atoms with E-state index in [4.69, 9.17) is 5.11 Å². The number of nitrogens with zero attached hydrogens (tertiary/aromatic N) is 1. The number of benzene rings is 1. The van der Waals surface area contributed by atoms with E-state index in [1.807, 2.05) is 0 Å². The van der Waals surface area contributed by atoms with Crippen molar-refractivity contribution in [2.45, 2.75) is 13.8 Å². The Kier molecular flexibility index (Phi) is 3.40. The summed E-state index contributed by atoms with van der Waals surface area (Å²) in [5.74, 6) is -1.04. The Hall–Kier alpha value is -2.17. The number of carboxylic acids is 1. The fraction of sp³-hybridized carbons (Fsp3) is 0.182. The minimum Gasteiger partial charge on any atom is -0.478 e. The van der Waals surface area contributed by atoms with Crippen LogP contribution in [0, 0.1) is 24.0 Å². The van der Waals surface area contributed by atoms with Gasteiger partial charge < -0.3 is 5.11 Å². The number of aliphatic carboxylic acids is 1. The van der Waals surface area contributed by atoms with Gasteiger partial charge in [0.25, 0.3) is 5.69 Å². The average molecular weight is 221 g/mol. The number of carboxylic acid groups (broad SMARTS) is 1. The van der Waals surface area contributed by atoms with E-state index in [0.717, 1.165) is 6.08 Å². The van der Waals surface area contributed by atoms with Crippen LogP contribution in [0.4, 0.5) is 5.69 Å². The van der Waals surface area contributed by atoms with Crippen LogP contribution in [0.1, 0.15) is 16.7 Å². The first-order valence-corrected chi connectivity index (χ1v) is 4.58. The van der Waals surface area contributed by atoms with Gasteiger partial charge in [-0.15, -0.1) is 0 Å². The summed E-state index contributed by atoms with van der Waals surface area (Å²) in [5.41, 5.74) is 2.09. The summed E-state index contributed by atoms with van der Waals surface area (Å²) < 4.78 is 0. The second kappa shape index (κ2) is 4.57. The molecule has 5 nitrogen and oxygen atoms in total. The molecule has 0 aliphatic rings.